The van der Waals surface area contributed by atoms with Crippen molar-refractivity contribution < 1.29 is 22.8 Å². The zero-order valence-corrected chi connectivity index (χ0v) is 20.0. The van der Waals surface area contributed by atoms with Gasteiger partial charge < -0.3 is 14.2 Å². The van der Waals surface area contributed by atoms with Crippen LogP contribution in [0.1, 0.15) is 5.82 Å². The minimum Gasteiger partial charge on any atom is -0.494 e. The third-order valence-electron chi connectivity index (χ3n) is 4.84. The van der Waals surface area contributed by atoms with E-state index in [1.807, 2.05) is 0 Å². The molecule has 0 saturated carbocycles. The molecule has 13 heteroatoms. The van der Waals surface area contributed by atoms with E-state index in [1.54, 1.807) is 41.0 Å². The van der Waals surface area contributed by atoms with Crippen LogP contribution in [-0.2, 0) is 17.4 Å². The van der Waals surface area contributed by atoms with Crippen molar-refractivity contribution in [3.8, 4) is 34.6 Å². The number of ether oxygens (including phenoxy) is 3. The van der Waals surface area contributed by atoms with Crippen LogP contribution < -0.4 is 18.9 Å². The van der Waals surface area contributed by atoms with Gasteiger partial charge in [0.25, 0.3) is 0 Å². The summed E-state index contributed by atoms with van der Waals surface area (Å²) in [6.45, 7) is 0. The highest BCUT2D eigenvalue weighted by molar-refractivity contribution is 7.86. The van der Waals surface area contributed by atoms with Crippen LogP contribution in [0.2, 0.25) is 0 Å². The van der Waals surface area contributed by atoms with Crippen molar-refractivity contribution in [3.63, 3.8) is 0 Å². The van der Waals surface area contributed by atoms with Crippen LogP contribution in [0.15, 0.2) is 48.8 Å². The summed E-state index contributed by atoms with van der Waals surface area (Å²) in [6.07, 6.45) is 2.39. The number of halogens is 1. The summed E-state index contributed by atoms with van der Waals surface area (Å²) in [5.41, 5.74) is 0.951. The number of hydrogen-bond donors (Lipinski definition) is 1. The topological polar surface area (TPSA) is 126 Å². The molecule has 0 saturated heterocycles. The molecule has 0 aliphatic carbocycles. The SMILES string of the molecule is COc1cccc(-c2nnc(NS(=O)CCc3ncc(F)cn3)n2-c2c(OC)cccc2OC)n1. The Balaban J connectivity index is 1.73. The molecular weight excluding hydrogens is 477 g/mol. The van der Waals surface area contributed by atoms with Crippen LogP contribution in [0.4, 0.5) is 10.3 Å². The lowest BCUT2D eigenvalue weighted by atomic mass is 10.2. The van der Waals surface area contributed by atoms with E-state index in [-0.39, 0.29) is 18.1 Å². The second kappa shape index (κ2) is 10.9. The molecule has 1 unspecified atom stereocenters. The summed E-state index contributed by atoms with van der Waals surface area (Å²) >= 11 is 0. The number of hydrogen-bond acceptors (Lipinski definition) is 9. The van der Waals surface area contributed by atoms with E-state index in [9.17, 15) is 8.60 Å². The first-order chi connectivity index (χ1) is 17.0. The number of nitrogens with zero attached hydrogens (tertiary/aromatic N) is 6. The number of aryl methyl sites for hydroxylation is 1. The maximum absolute atomic E-state index is 13.0. The predicted molar refractivity (Wildman–Crippen MR) is 127 cm³/mol. The zero-order chi connectivity index (χ0) is 24.8. The third-order valence-corrected chi connectivity index (χ3v) is 5.83. The summed E-state index contributed by atoms with van der Waals surface area (Å²) in [5, 5.41) is 8.51. The third kappa shape index (κ3) is 5.35. The van der Waals surface area contributed by atoms with Crippen molar-refractivity contribution in [1.82, 2.24) is 29.7 Å². The van der Waals surface area contributed by atoms with Crippen molar-refractivity contribution in [2.24, 2.45) is 0 Å². The van der Waals surface area contributed by atoms with E-state index < -0.39 is 16.8 Å². The summed E-state index contributed by atoms with van der Waals surface area (Å²) in [5.74, 6) is 1.83. The Hall–Kier alpha value is -4.13. The number of para-hydroxylation sites is 1. The Morgan fingerprint density at radius 1 is 0.971 bits per heavy atom. The van der Waals surface area contributed by atoms with Crippen LogP contribution in [0.25, 0.3) is 17.2 Å². The standard InChI is InChI=1S/C22H22FN7O4S/c1-32-16-7-5-8-17(33-2)20(16)30-21(15-6-4-9-19(26-15)34-3)27-28-22(30)29-35(31)11-10-18-24-12-14(23)13-25-18/h4-9,12-13H,10-11H2,1-3H3,(H,28,29). The molecule has 0 bridgehead atoms. The van der Waals surface area contributed by atoms with Gasteiger partial charge in [0.15, 0.2) is 11.6 Å². The number of anilines is 1. The fourth-order valence-corrected chi connectivity index (χ4v) is 4.04. The Morgan fingerprint density at radius 3 is 2.31 bits per heavy atom. The second-order valence-corrected chi connectivity index (χ2v) is 8.28. The lowest BCUT2D eigenvalue weighted by molar-refractivity contribution is 0.391. The smallest absolute Gasteiger partial charge is 0.241 e. The number of pyridine rings is 1. The van der Waals surface area contributed by atoms with Gasteiger partial charge in [0.2, 0.25) is 11.8 Å². The zero-order valence-electron chi connectivity index (χ0n) is 19.1. The van der Waals surface area contributed by atoms with Gasteiger partial charge >= 0.3 is 0 Å². The summed E-state index contributed by atoms with van der Waals surface area (Å²) in [7, 11) is 2.97. The van der Waals surface area contributed by atoms with E-state index in [0.29, 0.717) is 40.4 Å². The summed E-state index contributed by atoms with van der Waals surface area (Å²) in [4.78, 5) is 12.2. The van der Waals surface area contributed by atoms with Gasteiger partial charge in [-0.3, -0.25) is 9.29 Å². The monoisotopic (exact) mass is 499 g/mol. The van der Waals surface area contributed by atoms with Crippen LogP contribution in [-0.4, -0.2) is 61.0 Å². The van der Waals surface area contributed by atoms with Gasteiger partial charge in [-0.25, -0.2) is 23.6 Å². The highest BCUT2D eigenvalue weighted by Gasteiger charge is 2.24. The fourth-order valence-electron chi connectivity index (χ4n) is 3.24. The molecule has 1 aromatic carbocycles. The number of nitrogens with one attached hydrogen (secondary N) is 1. The normalized spacial score (nSPS) is 11.7. The number of methoxy groups -OCH3 is 3. The highest BCUT2D eigenvalue weighted by Crippen LogP contribution is 2.37. The predicted octanol–water partition coefficient (Wildman–Crippen LogP) is 2.60. The molecule has 1 N–H and O–H groups in total. The average molecular weight is 500 g/mol. The van der Waals surface area contributed by atoms with Gasteiger partial charge in [-0.2, -0.15) is 0 Å². The van der Waals surface area contributed by atoms with Gasteiger partial charge in [0.05, 0.1) is 39.5 Å². The molecule has 0 amide bonds. The lowest BCUT2D eigenvalue weighted by Crippen LogP contribution is -2.16. The highest BCUT2D eigenvalue weighted by atomic mass is 32.2. The Bertz CT molecular complexity index is 1310. The molecule has 3 heterocycles. The van der Waals surface area contributed by atoms with Crippen LogP contribution in [0, 0.1) is 5.82 Å². The molecule has 35 heavy (non-hydrogen) atoms. The van der Waals surface area contributed by atoms with E-state index in [0.717, 1.165) is 12.4 Å². The maximum atomic E-state index is 13.0. The van der Waals surface area contributed by atoms with E-state index in [4.69, 9.17) is 14.2 Å². The number of benzene rings is 1. The first-order valence-corrected chi connectivity index (χ1v) is 11.7. The average Bonchev–Trinajstić information content (AvgIpc) is 3.30. The molecule has 0 aliphatic rings. The van der Waals surface area contributed by atoms with E-state index >= 15 is 0 Å². The molecule has 0 aliphatic heterocycles. The molecule has 4 rings (SSSR count). The number of aromatic nitrogens is 6. The molecule has 0 spiro atoms. The summed E-state index contributed by atoms with van der Waals surface area (Å²) in [6, 6.07) is 10.5. The Morgan fingerprint density at radius 2 is 1.66 bits per heavy atom. The van der Waals surface area contributed by atoms with Gasteiger partial charge in [-0.05, 0) is 18.2 Å². The minimum absolute atomic E-state index is 0.147. The maximum Gasteiger partial charge on any atom is 0.241 e. The van der Waals surface area contributed by atoms with Gasteiger partial charge in [-0.15, -0.1) is 10.2 Å². The number of rotatable bonds is 10. The molecule has 3 aromatic heterocycles. The van der Waals surface area contributed by atoms with Crippen molar-refractivity contribution >= 4 is 16.9 Å². The Kier molecular flexibility index (Phi) is 7.45. The molecule has 0 fully saturated rings. The second-order valence-electron chi connectivity index (χ2n) is 6.98. The molecule has 0 radical (unpaired) electrons. The lowest BCUT2D eigenvalue weighted by Gasteiger charge is -2.17. The van der Waals surface area contributed by atoms with Gasteiger partial charge in [-0.1, -0.05) is 12.1 Å². The van der Waals surface area contributed by atoms with Crippen LogP contribution in [0.5, 0.6) is 17.4 Å². The largest absolute Gasteiger partial charge is 0.494 e. The summed E-state index contributed by atoms with van der Waals surface area (Å²) < 4.78 is 46.8. The quantitative estimate of drug-likeness (QED) is 0.350. The van der Waals surface area contributed by atoms with Gasteiger partial charge in [0, 0.05) is 12.5 Å². The van der Waals surface area contributed by atoms with E-state index in [2.05, 4.69) is 29.9 Å². The van der Waals surface area contributed by atoms with Crippen LogP contribution in [0.3, 0.4) is 0 Å². The van der Waals surface area contributed by atoms with E-state index in [1.165, 1.54) is 21.3 Å². The van der Waals surface area contributed by atoms with Crippen molar-refractivity contribution in [3.05, 3.63) is 60.4 Å². The van der Waals surface area contributed by atoms with Crippen LogP contribution >= 0.6 is 0 Å². The first-order valence-electron chi connectivity index (χ1n) is 10.3. The molecule has 11 nitrogen and oxygen atoms in total. The van der Waals surface area contributed by atoms with Crippen molar-refractivity contribution in [2.45, 2.75) is 6.42 Å². The van der Waals surface area contributed by atoms with Crippen molar-refractivity contribution in [1.29, 1.82) is 0 Å². The first kappa shape index (κ1) is 24.0. The van der Waals surface area contributed by atoms with Gasteiger partial charge in [0.1, 0.15) is 39.7 Å². The molecule has 4 aromatic rings. The molecular formula is C22H22FN7O4S. The fraction of sp³-hybridized carbons (Fsp3) is 0.227. The molecule has 182 valence electrons. The Labute approximate surface area is 202 Å². The molecule has 1 atom stereocenters. The van der Waals surface area contributed by atoms with Crippen molar-refractivity contribution in [2.75, 3.05) is 31.8 Å². The minimum atomic E-state index is -1.60.